The van der Waals surface area contributed by atoms with Crippen LogP contribution in [-0.4, -0.2) is 46.9 Å². The first-order valence-corrected chi connectivity index (χ1v) is 10.3. The van der Waals surface area contributed by atoms with Gasteiger partial charge >= 0.3 is 23.9 Å². The summed E-state index contributed by atoms with van der Waals surface area (Å²) in [5, 5.41) is 0. The predicted molar refractivity (Wildman–Crippen MR) is 114 cm³/mol. The molecule has 0 amide bonds. The fourth-order valence-corrected chi connectivity index (χ4v) is 1.73. The first-order valence-electron chi connectivity index (χ1n) is 7.98. The predicted octanol–water partition coefficient (Wildman–Crippen LogP) is 4.95. The van der Waals surface area contributed by atoms with Gasteiger partial charge in [0.1, 0.15) is 0 Å². The molecule has 5 heteroatoms. The van der Waals surface area contributed by atoms with Crippen LogP contribution in [0.1, 0.15) is 79.1 Å². The molecule has 0 heterocycles. The van der Waals surface area contributed by atoms with Gasteiger partial charge in [-0.2, -0.15) is 23.0 Å². The van der Waals surface area contributed by atoms with Crippen LogP contribution in [0.25, 0.3) is 0 Å². The zero-order chi connectivity index (χ0) is 16.5. The van der Waals surface area contributed by atoms with E-state index in [9.17, 15) is 0 Å². The van der Waals surface area contributed by atoms with Gasteiger partial charge in [-0.15, -0.1) is 0 Å². The Hall–Kier alpha value is 2.20. The number of hydrogen-bond donors (Lipinski definition) is 0. The zero-order valence-corrected chi connectivity index (χ0v) is 20.7. The van der Waals surface area contributed by atoms with Gasteiger partial charge in [0.05, 0.1) is 0 Å². The van der Waals surface area contributed by atoms with Crippen molar-refractivity contribution in [3.05, 3.63) is 0 Å². The second-order valence-electron chi connectivity index (χ2n) is 4.23. The minimum absolute atomic E-state index is 0. The van der Waals surface area contributed by atoms with E-state index in [-0.39, 0.29) is 23.9 Å². The summed E-state index contributed by atoms with van der Waals surface area (Å²) in [6.07, 6.45) is 9.77. The third-order valence-electron chi connectivity index (χ3n) is 1.99. The molecule has 0 unspecified atom stereocenters. The van der Waals surface area contributed by atoms with Crippen LogP contribution in [0, 0.1) is 0 Å². The van der Waals surface area contributed by atoms with Gasteiger partial charge in [-0.1, -0.05) is 79.1 Å². The largest absolute Gasteiger partial charge is 4.00 e. The Bertz CT molecular complexity index is 74.3. The summed E-state index contributed by atoms with van der Waals surface area (Å²) < 4.78 is 0. The summed E-state index contributed by atoms with van der Waals surface area (Å²) in [6.45, 7) is 8.58. The Labute approximate surface area is 175 Å². The second kappa shape index (κ2) is 49.5. The topological polar surface area (TPSA) is 0 Å². The molecule has 0 aromatic heterocycles. The molecule has 0 atom stereocenters. The minimum atomic E-state index is 0. The first-order chi connectivity index (χ1) is 9.66. The van der Waals surface area contributed by atoms with Gasteiger partial charge in [0, 0.05) is 0 Å². The van der Waals surface area contributed by atoms with Crippen LogP contribution in [0.4, 0.5) is 0 Å². The summed E-state index contributed by atoms with van der Waals surface area (Å²) in [6, 6.07) is 0. The molecular formula is C16H36S4Sn. The van der Waals surface area contributed by atoms with Crippen LogP contribution < -0.4 is 0 Å². The molecule has 21 heavy (non-hydrogen) atoms. The van der Waals surface area contributed by atoms with Crippen molar-refractivity contribution >= 4 is 74.4 Å². The molecule has 0 aliphatic heterocycles. The summed E-state index contributed by atoms with van der Waals surface area (Å²) in [4.78, 5) is 0. The van der Waals surface area contributed by atoms with Crippen molar-refractivity contribution in [2.75, 3.05) is 23.0 Å². The molecule has 0 saturated heterocycles. The number of unbranched alkanes of at least 4 members (excludes halogenated alkanes) is 4. The van der Waals surface area contributed by atoms with Crippen LogP contribution in [0.2, 0.25) is 0 Å². The quantitative estimate of drug-likeness (QED) is 0.360. The van der Waals surface area contributed by atoms with Crippen molar-refractivity contribution in [1.82, 2.24) is 0 Å². The van der Waals surface area contributed by atoms with Crippen molar-refractivity contribution in [2.24, 2.45) is 0 Å². The number of rotatable bonds is 8. The Balaban J connectivity index is -0.0000000533. The van der Waals surface area contributed by atoms with E-state index in [4.69, 9.17) is 0 Å². The summed E-state index contributed by atoms with van der Waals surface area (Å²) in [5.74, 6) is 3.71. The van der Waals surface area contributed by atoms with Crippen LogP contribution >= 0.6 is 0 Å². The van der Waals surface area contributed by atoms with Gasteiger partial charge in [-0.3, -0.25) is 0 Å². The molecule has 0 bridgehead atoms. The smallest absolute Gasteiger partial charge is 0.793 e. The van der Waals surface area contributed by atoms with E-state index in [1.54, 1.807) is 0 Å². The molecule has 0 rings (SSSR count). The van der Waals surface area contributed by atoms with E-state index < -0.39 is 0 Å². The molecule has 0 N–H and O–H groups in total. The van der Waals surface area contributed by atoms with Gasteiger partial charge in [-0.05, 0) is 0 Å². The van der Waals surface area contributed by atoms with Crippen molar-refractivity contribution in [3.63, 3.8) is 0 Å². The SMILES string of the molecule is CCCC[S-].CCCC[S-].CCCC[S-].CCCC[S-].[Sn+4]. The third-order valence-corrected chi connectivity index (χ3v) is 3.15. The van der Waals surface area contributed by atoms with Crippen LogP contribution in [-0.2, 0) is 50.5 Å². The van der Waals surface area contributed by atoms with Gasteiger partial charge in [0.25, 0.3) is 0 Å². The minimum Gasteiger partial charge on any atom is -0.793 e. The van der Waals surface area contributed by atoms with Gasteiger partial charge in [0.15, 0.2) is 0 Å². The molecule has 0 nitrogen and oxygen atoms in total. The Morgan fingerprint density at radius 2 is 0.571 bits per heavy atom. The standard InChI is InChI=1S/4C4H10S.Sn/c4*1-2-3-4-5;/h4*5H,2-4H2,1H3;/q;;;;+4/p-4. The molecule has 0 aliphatic carbocycles. The van der Waals surface area contributed by atoms with Gasteiger partial charge in [0.2, 0.25) is 0 Å². The first kappa shape index (κ1) is 34.5. The third kappa shape index (κ3) is 87.1. The summed E-state index contributed by atoms with van der Waals surface area (Å²) in [7, 11) is 0. The average molecular weight is 475 g/mol. The second-order valence-corrected chi connectivity index (χ2v) is 5.86. The Kier molecular flexibility index (Phi) is 81.3. The molecule has 0 radical (unpaired) electrons. The normalized spacial score (nSPS) is 8.00. The molecule has 0 aliphatic rings. The maximum absolute atomic E-state index is 4.65. The van der Waals surface area contributed by atoms with E-state index in [0.717, 1.165) is 23.0 Å². The van der Waals surface area contributed by atoms with Crippen LogP contribution in [0.3, 0.4) is 0 Å². The summed E-state index contributed by atoms with van der Waals surface area (Å²) >= 11 is 18.6. The van der Waals surface area contributed by atoms with E-state index >= 15 is 0 Å². The molecule has 0 aromatic carbocycles. The van der Waals surface area contributed by atoms with Gasteiger partial charge in [-0.25, -0.2) is 0 Å². The average Bonchev–Trinajstić information content (AvgIpc) is 2.44. The van der Waals surface area contributed by atoms with Crippen molar-refractivity contribution in [1.29, 1.82) is 0 Å². The maximum atomic E-state index is 4.65. The van der Waals surface area contributed by atoms with E-state index in [1.165, 1.54) is 51.4 Å². The molecule has 0 fully saturated rings. The molecule has 0 saturated carbocycles. The Morgan fingerprint density at radius 1 is 0.429 bits per heavy atom. The Morgan fingerprint density at radius 3 is 0.571 bits per heavy atom. The van der Waals surface area contributed by atoms with Crippen molar-refractivity contribution < 1.29 is 0 Å². The van der Waals surface area contributed by atoms with E-state index in [2.05, 4.69) is 78.2 Å². The molecule has 128 valence electrons. The van der Waals surface area contributed by atoms with Crippen LogP contribution in [0.15, 0.2) is 0 Å². The fourth-order valence-electron chi connectivity index (χ4n) is 0.577. The van der Waals surface area contributed by atoms with Gasteiger partial charge < -0.3 is 50.5 Å². The fraction of sp³-hybridized carbons (Fsp3) is 1.00. The molecular weight excluding hydrogens is 439 g/mol. The summed E-state index contributed by atoms with van der Waals surface area (Å²) in [5.41, 5.74) is 0. The number of hydrogen-bond acceptors (Lipinski definition) is 4. The maximum Gasteiger partial charge on any atom is 4.00 e. The zero-order valence-electron chi connectivity index (χ0n) is 14.6. The van der Waals surface area contributed by atoms with Crippen LogP contribution in [0.5, 0.6) is 0 Å². The monoisotopic (exact) mass is 476 g/mol. The van der Waals surface area contributed by atoms with Crippen molar-refractivity contribution in [3.8, 4) is 0 Å². The van der Waals surface area contributed by atoms with E-state index in [1.807, 2.05) is 0 Å². The van der Waals surface area contributed by atoms with Crippen molar-refractivity contribution in [2.45, 2.75) is 79.1 Å². The molecule has 0 spiro atoms. The van der Waals surface area contributed by atoms with E-state index in [0.29, 0.717) is 0 Å². The molecule has 0 aromatic rings.